The van der Waals surface area contributed by atoms with Crippen molar-refractivity contribution in [1.82, 2.24) is 21.3 Å². The molecule has 0 radical (unpaired) electrons. The number of aliphatic imine (C=N–C) groups is 1. The van der Waals surface area contributed by atoms with E-state index < -0.39 is 72.6 Å². The number of phenolic OH excluding ortho intramolecular Hbond substituents is 1. The topological polar surface area (TPSA) is 307 Å². The van der Waals surface area contributed by atoms with E-state index in [0.29, 0.717) is 17.7 Å². The number of hydrogen-bond acceptors (Lipinski definition) is 10. The molecule has 0 unspecified atom stereocenters. The summed E-state index contributed by atoms with van der Waals surface area (Å²) in [7, 11) is 0. The average Bonchev–Trinajstić information content (AvgIpc) is 2.95. The lowest BCUT2D eigenvalue weighted by molar-refractivity contribution is -0.138. The quantitative estimate of drug-likeness (QED) is 0.0379. The van der Waals surface area contributed by atoms with Gasteiger partial charge in [-0.25, -0.2) is 0 Å². The number of amides is 5. The minimum atomic E-state index is -1.54. The average molecular weight is 640 g/mol. The van der Waals surface area contributed by atoms with Gasteiger partial charge in [0.15, 0.2) is 5.96 Å². The van der Waals surface area contributed by atoms with Crippen LogP contribution in [0.4, 0.5) is 0 Å². The fourth-order valence-electron chi connectivity index (χ4n) is 3.75. The smallest absolute Gasteiger partial charge is 0.322 e. The van der Waals surface area contributed by atoms with Crippen molar-refractivity contribution in [3.63, 3.8) is 0 Å². The Kier molecular flexibility index (Phi) is 16.7. The Morgan fingerprint density at radius 1 is 0.864 bits per heavy atom. The highest BCUT2D eigenvalue weighted by atomic mass is 32.2. The Morgan fingerprint density at radius 2 is 1.45 bits per heavy atom. The number of carboxylic acids is 1. The summed E-state index contributed by atoms with van der Waals surface area (Å²) in [4.78, 5) is 78.5. The molecule has 18 heteroatoms. The van der Waals surface area contributed by atoms with Crippen molar-refractivity contribution >= 4 is 53.2 Å². The third-order valence-corrected chi connectivity index (χ3v) is 6.65. The highest BCUT2D eigenvalue weighted by Gasteiger charge is 2.31. The Balaban J connectivity index is 3.14. The zero-order chi connectivity index (χ0) is 33.2. The van der Waals surface area contributed by atoms with Gasteiger partial charge in [0.05, 0.1) is 12.5 Å². The maximum absolute atomic E-state index is 13.4. The number of carbonyl (C=O) groups is 6. The van der Waals surface area contributed by atoms with E-state index in [1.165, 1.54) is 36.0 Å². The molecule has 0 aliphatic heterocycles. The van der Waals surface area contributed by atoms with Crippen molar-refractivity contribution in [2.45, 2.75) is 56.3 Å². The number of thioether (sulfide) groups is 1. The van der Waals surface area contributed by atoms with Crippen molar-refractivity contribution in [2.24, 2.45) is 27.9 Å². The molecule has 44 heavy (non-hydrogen) atoms. The summed E-state index contributed by atoms with van der Waals surface area (Å²) in [6.45, 7) is -0.447. The van der Waals surface area contributed by atoms with Gasteiger partial charge in [-0.15, -0.1) is 0 Å². The highest BCUT2D eigenvalue weighted by Crippen LogP contribution is 2.12. The number of carboxylic acid groups (broad SMARTS) is 1. The second-order valence-electron chi connectivity index (χ2n) is 9.67. The van der Waals surface area contributed by atoms with Gasteiger partial charge in [0.1, 0.15) is 30.4 Å². The highest BCUT2D eigenvalue weighted by molar-refractivity contribution is 7.98. The zero-order valence-corrected chi connectivity index (χ0v) is 25.1. The molecule has 244 valence electrons. The molecule has 1 rings (SSSR count). The number of benzene rings is 1. The van der Waals surface area contributed by atoms with Crippen LogP contribution in [0.3, 0.4) is 0 Å². The predicted octanol–water partition coefficient (Wildman–Crippen LogP) is -3.40. The number of hydrogen-bond donors (Lipinski definition) is 10. The van der Waals surface area contributed by atoms with Crippen LogP contribution in [0.15, 0.2) is 29.3 Å². The monoisotopic (exact) mass is 639 g/mol. The molecule has 14 N–H and O–H groups in total. The minimum absolute atomic E-state index is 0.0248. The second-order valence-corrected chi connectivity index (χ2v) is 10.7. The van der Waals surface area contributed by atoms with Gasteiger partial charge in [0.25, 0.3) is 0 Å². The van der Waals surface area contributed by atoms with E-state index in [-0.39, 0.29) is 37.5 Å². The van der Waals surface area contributed by atoms with E-state index >= 15 is 0 Å². The summed E-state index contributed by atoms with van der Waals surface area (Å²) in [6, 6.07) is 0.773. The summed E-state index contributed by atoms with van der Waals surface area (Å²) < 4.78 is 0. The van der Waals surface area contributed by atoms with Crippen molar-refractivity contribution < 1.29 is 39.0 Å². The van der Waals surface area contributed by atoms with E-state index in [0.717, 1.165) is 0 Å². The second kappa shape index (κ2) is 19.6. The van der Waals surface area contributed by atoms with E-state index in [4.69, 9.17) is 28.0 Å². The van der Waals surface area contributed by atoms with Crippen LogP contribution in [0, 0.1) is 0 Å². The van der Waals surface area contributed by atoms with Crippen LogP contribution < -0.4 is 44.2 Å². The van der Waals surface area contributed by atoms with E-state index in [1.54, 1.807) is 6.26 Å². The molecule has 4 atom stereocenters. The number of primary amides is 1. The van der Waals surface area contributed by atoms with E-state index in [9.17, 15) is 33.9 Å². The normalized spacial score (nSPS) is 13.3. The Hall–Kier alpha value is -4.58. The third-order valence-electron chi connectivity index (χ3n) is 6.01. The molecule has 0 aliphatic rings. The largest absolute Gasteiger partial charge is 0.508 e. The number of phenols is 1. The van der Waals surface area contributed by atoms with E-state index in [2.05, 4.69) is 26.3 Å². The summed E-state index contributed by atoms with van der Waals surface area (Å²) in [5.41, 5.74) is 22.4. The third kappa shape index (κ3) is 15.1. The number of rotatable bonds is 20. The van der Waals surface area contributed by atoms with Crippen LogP contribution in [-0.2, 0) is 35.2 Å². The van der Waals surface area contributed by atoms with Crippen LogP contribution in [0.2, 0.25) is 0 Å². The van der Waals surface area contributed by atoms with Gasteiger partial charge < -0.3 is 54.4 Å². The number of guanidine groups is 1. The maximum Gasteiger partial charge on any atom is 0.322 e. The molecule has 1 aromatic carbocycles. The van der Waals surface area contributed by atoms with Gasteiger partial charge in [-0.1, -0.05) is 12.1 Å². The molecule has 0 aliphatic carbocycles. The number of nitrogens with zero attached hydrogens (tertiary/aromatic N) is 1. The van der Waals surface area contributed by atoms with Gasteiger partial charge in [0, 0.05) is 13.0 Å². The number of nitrogens with two attached hydrogens (primary N) is 4. The van der Waals surface area contributed by atoms with E-state index in [1.807, 2.05) is 0 Å². The number of carbonyl (C=O) groups excluding carboxylic acids is 5. The first-order valence-corrected chi connectivity index (χ1v) is 14.9. The molecular weight excluding hydrogens is 598 g/mol. The van der Waals surface area contributed by atoms with Crippen molar-refractivity contribution in [2.75, 3.05) is 25.1 Å². The molecule has 17 nitrogen and oxygen atoms in total. The Morgan fingerprint density at radius 3 is 2.02 bits per heavy atom. The van der Waals surface area contributed by atoms with Crippen LogP contribution in [0.25, 0.3) is 0 Å². The molecule has 0 bridgehead atoms. The standard InChI is InChI=1S/C26H41N9O8S/c1-44-10-8-17(23(41)32-13-21(38)39)33-25(43)19(12-20(28)37)35-24(42)18(11-14-4-6-15(36)7-5-14)34-22(40)16(27)3-2-9-31-26(29)30/h4-7,16-19,36H,2-3,8-13,27H2,1H3,(H2,28,37)(H,32,41)(H,33,43)(H,34,40)(H,35,42)(H,38,39)(H4,29,30,31)/t16-,17-,18-,19-/m0/s1. The molecule has 0 fully saturated rings. The maximum atomic E-state index is 13.4. The number of aromatic hydroxyl groups is 1. The van der Waals surface area contributed by atoms with Crippen molar-refractivity contribution in [3.8, 4) is 5.75 Å². The Labute approximate surface area is 258 Å². The van der Waals surface area contributed by atoms with Gasteiger partial charge >= 0.3 is 5.97 Å². The molecule has 0 aromatic heterocycles. The fourth-order valence-corrected chi connectivity index (χ4v) is 4.22. The zero-order valence-electron chi connectivity index (χ0n) is 24.3. The minimum Gasteiger partial charge on any atom is -0.508 e. The first-order chi connectivity index (χ1) is 20.7. The van der Waals surface area contributed by atoms with Crippen molar-refractivity contribution in [3.05, 3.63) is 29.8 Å². The first kappa shape index (κ1) is 37.4. The fraction of sp³-hybridized carbons (Fsp3) is 0.500. The SMILES string of the molecule is CSCC[C@H](NC(=O)[C@H](CC(N)=O)NC(=O)[C@H](Cc1ccc(O)cc1)NC(=O)[C@@H](N)CCCN=C(N)N)C(=O)NCC(=O)O. The lowest BCUT2D eigenvalue weighted by Crippen LogP contribution is -2.59. The van der Waals surface area contributed by atoms with Crippen LogP contribution in [0.5, 0.6) is 5.75 Å². The number of nitrogens with one attached hydrogen (secondary N) is 4. The molecule has 0 saturated heterocycles. The van der Waals surface area contributed by atoms with Gasteiger partial charge in [-0.3, -0.25) is 33.8 Å². The van der Waals surface area contributed by atoms with Crippen LogP contribution in [0.1, 0.15) is 31.2 Å². The van der Waals surface area contributed by atoms with Gasteiger partial charge in [0.2, 0.25) is 29.5 Å². The van der Waals surface area contributed by atoms with Crippen LogP contribution in [-0.4, -0.2) is 101 Å². The summed E-state index contributed by atoms with van der Waals surface area (Å²) in [5.74, 6) is -5.20. The molecular formula is C26H41N9O8S. The van der Waals surface area contributed by atoms with Gasteiger partial charge in [-0.05, 0) is 49.0 Å². The van der Waals surface area contributed by atoms with Crippen LogP contribution >= 0.6 is 11.8 Å². The Bertz CT molecular complexity index is 1180. The molecule has 0 saturated carbocycles. The molecule has 1 aromatic rings. The summed E-state index contributed by atoms with van der Waals surface area (Å²) in [5, 5.41) is 28.0. The lowest BCUT2D eigenvalue weighted by Gasteiger charge is -2.25. The first-order valence-electron chi connectivity index (χ1n) is 13.5. The molecule has 0 heterocycles. The molecule has 0 spiro atoms. The van der Waals surface area contributed by atoms with Crippen molar-refractivity contribution in [1.29, 1.82) is 0 Å². The molecule has 5 amide bonds. The lowest BCUT2D eigenvalue weighted by atomic mass is 10.0. The summed E-state index contributed by atoms with van der Waals surface area (Å²) >= 11 is 1.37. The summed E-state index contributed by atoms with van der Waals surface area (Å²) in [6.07, 6.45) is 1.72. The van der Waals surface area contributed by atoms with Gasteiger partial charge in [-0.2, -0.15) is 11.8 Å². The predicted molar refractivity (Wildman–Crippen MR) is 163 cm³/mol. The number of aliphatic carboxylic acids is 1.